The number of nitrogens with zero attached hydrogens (tertiary/aromatic N) is 5. The molecule has 0 atom stereocenters. The number of amides is 1. The van der Waals surface area contributed by atoms with E-state index in [0.717, 1.165) is 61.6 Å². The van der Waals surface area contributed by atoms with Gasteiger partial charge < -0.3 is 4.90 Å². The molecule has 230 valence electrons. The zero-order valence-electron chi connectivity index (χ0n) is 25.0. The smallest absolute Gasteiger partial charge is 0.286 e. The van der Waals surface area contributed by atoms with Gasteiger partial charge in [0.1, 0.15) is 5.69 Å². The van der Waals surface area contributed by atoms with Crippen molar-refractivity contribution in [3.63, 3.8) is 0 Å². The number of thioether (sulfide) groups is 1. The van der Waals surface area contributed by atoms with E-state index in [4.69, 9.17) is 5.10 Å². The maximum Gasteiger partial charge on any atom is 0.286 e. The summed E-state index contributed by atoms with van der Waals surface area (Å²) in [4.78, 5) is 20.6. The fourth-order valence-corrected chi connectivity index (χ4v) is 8.78. The summed E-state index contributed by atoms with van der Waals surface area (Å²) in [6.07, 6.45) is 8.68. The molecule has 0 unspecified atom stereocenters. The zero-order chi connectivity index (χ0) is 30.8. The van der Waals surface area contributed by atoms with Crippen molar-refractivity contribution in [2.75, 3.05) is 26.2 Å². The Hall–Kier alpha value is -3.99. The topological polar surface area (TPSA) is 87.9 Å². The first-order chi connectivity index (χ1) is 21.9. The van der Waals surface area contributed by atoms with E-state index in [2.05, 4.69) is 40.2 Å². The van der Waals surface area contributed by atoms with E-state index in [-0.39, 0.29) is 10.8 Å². The molecule has 0 N–H and O–H groups in total. The number of sulfonamides is 1. The number of likely N-dealkylation sites (tertiary alicyclic amines) is 1. The van der Waals surface area contributed by atoms with E-state index < -0.39 is 10.0 Å². The number of amidine groups is 1. The molecule has 3 aromatic carbocycles. The number of aliphatic imine (C=N–C) groups is 1. The van der Waals surface area contributed by atoms with Crippen LogP contribution < -0.4 is 0 Å². The van der Waals surface area contributed by atoms with Crippen molar-refractivity contribution in [2.24, 2.45) is 10.9 Å². The van der Waals surface area contributed by atoms with Gasteiger partial charge in [-0.25, -0.2) is 13.1 Å². The third-order valence-electron chi connectivity index (χ3n) is 8.72. The average molecular weight is 638 g/mol. The van der Waals surface area contributed by atoms with Crippen LogP contribution in [0.25, 0.3) is 23.0 Å². The lowest BCUT2D eigenvalue weighted by Gasteiger charge is -2.32. The van der Waals surface area contributed by atoms with Crippen LogP contribution in [0.15, 0.2) is 106 Å². The van der Waals surface area contributed by atoms with Crippen LogP contribution in [0.1, 0.15) is 36.8 Å². The Labute approximate surface area is 268 Å². The van der Waals surface area contributed by atoms with Gasteiger partial charge in [0.15, 0.2) is 5.17 Å². The van der Waals surface area contributed by atoms with Crippen molar-refractivity contribution < 1.29 is 13.2 Å². The van der Waals surface area contributed by atoms with Crippen LogP contribution >= 0.6 is 11.8 Å². The minimum Gasteiger partial charge on any atom is -0.351 e. The number of piperidine rings is 1. The summed E-state index contributed by atoms with van der Waals surface area (Å²) in [5, 5.41) is 5.64. The molecule has 10 heteroatoms. The van der Waals surface area contributed by atoms with Gasteiger partial charge in [-0.05, 0) is 85.7 Å². The van der Waals surface area contributed by atoms with Crippen molar-refractivity contribution in [2.45, 2.75) is 37.0 Å². The van der Waals surface area contributed by atoms with Crippen molar-refractivity contribution in [1.82, 2.24) is 19.0 Å². The summed E-state index contributed by atoms with van der Waals surface area (Å²) in [7, 11) is -3.60. The fourth-order valence-electron chi connectivity index (χ4n) is 6.26. The van der Waals surface area contributed by atoms with Crippen molar-refractivity contribution in [3.05, 3.63) is 107 Å². The highest BCUT2D eigenvalue weighted by Crippen LogP contribution is 2.35. The Kier molecular flexibility index (Phi) is 8.44. The van der Waals surface area contributed by atoms with Crippen LogP contribution in [0.4, 0.5) is 0 Å². The molecule has 0 spiro atoms. The predicted molar refractivity (Wildman–Crippen MR) is 179 cm³/mol. The Morgan fingerprint density at radius 3 is 2.31 bits per heavy atom. The minimum absolute atomic E-state index is 0.252. The lowest BCUT2D eigenvalue weighted by molar-refractivity contribution is -0.113. The minimum atomic E-state index is -3.60. The Balaban J connectivity index is 1.14. The third-order valence-corrected chi connectivity index (χ3v) is 11.7. The van der Waals surface area contributed by atoms with Crippen LogP contribution in [-0.4, -0.2) is 64.7 Å². The summed E-state index contributed by atoms with van der Waals surface area (Å²) >= 11 is 1.41. The van der Waals surface area contributed by atoms with Crippen molar-refractivity contribution in [3.8, 4) is 16.9 Å². The normalized spacial score (nSPS) is 19.0. The molecule has 0 bridgehead atoms. The highest BCUT2D eigenvalue weighted by Gasteiger charge is 2.31. The molecular weight excluding hydrogens is 603 g/mol. The number of rotatable bonds is 7. The Morgan fingerprint density at radius 2 is 1.58 bits per heavy atom. The predicted octanol–water partition coefficient (Wildman–Crippen LogP) is 6.25. The molecule has 3 aliphatic rings. The summed E-state index contributed by atoms with van der Waals surface area (Å²) in [6, 6.07) is 27.3. The largest absolute Gasteiger partial charge is 0.351 e. The average Bonchev–Trinajstić information content (AvgIpc) is 3.84. The molecule has 7 rings (SSSR count). The fraction of sp³-hybridized carbons (Fsp3) is 0.286. The number of aromatic nitrogens is 2. The summed E-state index contributed by atoms with van der Waals surface area (Å²) < 4.78 is 30.1. The second kappa shape index (κ2) is 12.8. The molecule has 4 heterocycles. The summed E-state index contributed by atoms with van der Waals surface area (Å²) in [5.74, 6) is 0.364. The van der Waals surface area contributed by atoms with Gasteiger partial charge in [0, 0.05) is 43.5 Å². The first-order valence-electron chi connectivity index (χ1n) is 15.5. The lowest BCUT2D eigenvalue weighted by Crippen LogP contribution is -2.37. The number of carbonyl (C=O) groups is 1. The van der Waals surface area contributed by atoms with Gasteiger partial charge >= 0.3 is 0 Å². The summed E-state index contributed by atoms with van der Waals surface area (Å²) in [5.41, 5.74) is 4.24. The molecule has 8 nitrogen and oxygen atoms in total. The van der Waals surface area contributed by atoms with E-state index in [1.165, 1.54) is 17.3 Å². The maximum absolute atomic E-state index is 13.4. The molecule has 0 aliphatic carbocycles. The van der Waals surface area contributed by atoms with Gasteiger partial charge in [0.05, 0.1) is 15.5 Å². The molecule has 45 heavy (non-hydrogen) atoms. The number of hydrogen-bond donors (Lipinski definition) is 0. The van der Waals surface area contributed by atoms with E-state index >= 15 is 0 Å². The van der Waals surface area contributed by atoms with Crippen LogP contribution in [0.3, 0.4) is 0 Å². The van der Waals surface area contributed by atoms with Gasteiger partial charge in [-0.2, -0.15) is 14.4 Å². The Morgan fingerprint density at radius 1 is 0.867 bits per heavy atom. The maximum atomic E-state index is 13.4. The zero-order valence-corrected chi connectivity index (χ0v) is 26.6. The van der Waals surface area contributed by atoms with E-state index in [1.807, 2.05) is 48.7 Å². The monoisotopic (exact) mass is 637 g/mol. The molecule has 0 saturated carbocycles. The molecule has 2 fully saturated rings. The molecule has 1 amide bonds. The van der Waals surface area contributed by atoms with Crippen LogP contribution in [0.5, 0.6) is 0 Å². The molecule has 2 saturated heterocycles. The van der Waals surface area contributed by atoms with Gasteiger partial charge in [-0.3, -0.25) is 4.79 Å². The highest BCUT2D eigenvalue weighted by molar-refractivity contribution is 8.18. The molecular formula is C35H35N5O3S2. The van der Waals surface area contributed by atoms with Gasteiger partial charge in [0.2, 0.25) is 10.0 Å². The van der Waals surface area contributed by atoms with E-state index in [1.54, 1.807) is 27.2 Å². The SMILES string of the molecule is O=C1N=C(N2CCC(Cc3ccccc3)CC2)S/C1=C\c1cn(-c2ccccc2)nc1-c1cccc(S(=O)(=O)N2CCCC2)c1. The number of carbonyl (C=O) groups excluding carboxylic acids is 1. The van der Waals surface area contributed by atoms with Crippen LogP contribution in [-0.2, 0) is 21.2 Å². The van der Waals surface area contributed by atoms with Gasteiger partial charge in [-0.15, -0.1) is 0 Å². The first kappa shape index (κ1) is 29.7. The second-order valence-electron chi connectivity index (χ2n) is 11.8. The van der Waals surface area contributed by atoms with E-state index in [9.17, 15) is 13.2 Å². The summed E-state index contributed by atoms with van der Waals surface area (Å²) in [6.45, 7) is 2.83. The quantitative estimate of drug-likeness (QED) is 0.223. The van der Waals surface area contributed by atoms with Gasteiger partial charge in [0.25, 0.3) is 5.91 Å². The first-order valence-corrected chi connectivity index (χ1v) is 17.8. The Bertz CT molecular complexity index is 1860. The third kappa shape index (κ3) is 6.40. The molecule has 1 aromatic heterocycles. The molecule has 3 aliphatic heterocycles. The van der Waals surface area contributed by atoms with Crippen molar-refractivity contribution >= 4 is 38.9 Å². The number of hydrogen-bond acceptors (Lipinski definition) is 6. The van der Waals surface area contributed by atoms with Crippen LogP contribution in [0, 0.1) is 5.92 Å². The van der Waals surface area contributed by atoms with E-state index in [0.29, 0.717) is 35.2 Å². The highest BCUT2D eigenvalue weighted by atomic mass is 32.2. The molecule has 4 aromatic rings. The molecule has 0 radical (unpaired) electrons. The second-order valence-corrected chi connectivity index (χ2v) is 14.7. The van der Waals surface area contributed by atoms with Crippen LogP contribution in [0.2, 0.25) is 0 Å². The number of benzene rings is 3. The van der Waals surface area contributed by atoms with Crippen molar-refractivity contribution in [1.29, 1.82) is 0 Å². The lowest BCUT2D eigenvalue weighted by atomic mass is 9.90. The number of para-hydroxylation sites is 1. The standard InChI is InChI=1S/C35H35N5O3S2/c41-34-32(44-35(36-34)38-20-16-27(17-21-38)22-26-10-3-1-4-11-26)24-29-25-40(30-13-5-2-6-14-30)37-33(29)28-12-9-15-31(23-28)45(42,43)39-18-7-8-19-39/h1-6,9-15,23-25,27H,7-8,16-22H2/b32-24-. The van der Waals surface area contributed by atoms with Gasteiger partial charge in [-0.1, -0.05) is 60.7 Å².